The quantitative estimate of drug-likeness (QED) is 0.400. The van der Waals surface area contributed by atoms with Crippen LogP contribution in [0.5, 0.6) is 0 Å². The first kappa shape index (κ1) is 23.8. The second-order valence-corrected chi connectivity index (χ2v) is 9.14. The molecule has 1 rings (SSSR count). The molecule has 0 spiro atoms. The van der Waals surface area contributed by atoms with E-state index in [0.717, 1.165) is 6.07 Å². The molecule has 0 aliphatic heterocycles. The molecule has 0 bridgehead atoms. The van der Waals surface area contributed by atoms with Crippen molar-refractivity contribution in [2.75, 3.05) is 11.9 Å². The van der Waals surface area contributed by atoms with Crippen LogP contribution in [0.1, 0.15) is 54.4 Å². The molecular formula is C20H29ClFNO3S. The van der Waals surface area contributed by atoms with Crippen LogP contribution in [0.4, 0.5) is 10.1 Å². The first-order chi connectivity index (χ1) is 12.5. The number of carbonyl (C=O) groups excluding carboxylic acids is 2. The molecule has 0 aromatic heterocycles. The Labute approximate surface area is 170 Å². The maximum absolute atomic E-state index is 14.3. The monoisotopic (exact) mass is 417 g/mol. The number of nitrogens with one attached hydrogen (secondary N) is 1. The van der Waals surface area contributed by atoms with Crippen molar-refractivity contribution in [2.45, 2.75) is 64.5 Å². The highest BCUT2D eigenvalue weighted by Crippen LogP contribution is 2.36. The number of hydrogen-bond donors (Lipinski definition) is 1. The lowest BCUT2D eigenvalue weighted by molar-refractivity contribution is -0.144. The van der Waals surface area contributed by atoms with Gasteiger partial charge >= 0.3 is 5.97 Å². The van der Waals surface area contributed by atoms with Crippen molar-refractivity contribution in [1.82, 2.24) is 0 Å². The average molecular weight is 418 g/mol. The number of benzene rings is 1. The zero-order valence-corrected chi connectivity index (χ0v) is 18.4. The topological polar surface area (TPSA) is 55.4 Å². The third-order valence-electron chi connectivity index (χ3n) is 4.23. The maximum Gasteiger partial charge on any atom is 0.319 e. The van der Waals surface area contributed by atoms with Crippen molar-refractivity contribution < 1.29 is 18.7 Å². The summed E-state index contributed by atoms with van der Waals surface area (Å²) in [7, 11) is 0. The first-order valence-electron chi connectivity index (χ1n) is 9.15. The molecule has 1 unspecified atom stereocenters. The summed E-state index contributed by atoms with van der Waals surface area (Å²) in [5.74, 6) is -0.963. The summed E-state index contributed by atoms with van der Waals surface area (Å²) in [5.41, 5.74) is -0.565. The minimum absolute atomic E-state index is 0.0545. The van der Waals surface area contributed by atoms with E-state index in [-0.39, 0.29) is 28.5 Å². The Balaban J connectivity index is 3.01. The third-order valence-corrected chi connectivity index (χ3v) is 6.06. The molecule has 1 aromatic carbocycles. The molecule has 0 fully saturated rings. The molecule has 0 aliphatic carbocycles. The number of esters is 1. The fourth-order valence-electron chi connectivity index (χ4n) is 1.96. The number of anilines is 1. The predicted molar refractivity (Wildman–Crippen MR) is 110 cm³/mol. The maximum atomic E-state index is 14.3. The van der Waals surface area contributed by atoms with E-state index in [9.17, 15) is 14.0 Å². The third kappa shape index (κ3) is 7.00. The van der Waals surface area contributed by atoms with Crippen LogP contribution in [0, 0.1) is 17.2 Å². The molecule has 0 radical (unpaired) electrons. The second kappa shape index (κ2) is 10.3. The van der Waals surface area contributed by atoms with Gasteiger partial charge in [-0.1, -0.05) is 53.1 Å². The molecule has 4 nitrogen and oxygen atoms in total. The lowest BCUT2D eigenvalue weighted by Crippen LogP contribution is -2.30. The van der Waals surface area contributed by atoms with Gasteiger partial charge in [0.1, 0.15) is 11.1 Å². The van der Waals surface area contributed by atoms with Crippen molar-refractivity contribution in [3.8, 4) is 0 Å². The molecule has 0 saturated carbocycles. The van der Waals surface area contributed by atoms with Gasteiger partial charge in [-0.3, -0.25) is 9.59 Å². The number of rotatable bonds is 9. The molecule has 0 heterocycles. The van der Waals surface area contributed by atoms with Crippen LogP contribution in [0.25, 0.3) is 0 Å². The van der Waals surface area contributed by atoms with Gasteiger partial charge in [0, 0.05) is 10.3 Å². The highest BCUT2D eigenvalue weighted by molar-refractivity contribution is 8.00. The summed E-state index contributed by atoms with van der Waals surface area (Å²) in [5, 5.41) is 2.37. The molecular weight excluding hydrogens is 389 g/mol. The average Bonchev–Trinajstić information content (AvgIpc) is 2.60. The van der Waals surface area contributed by atoms with Crippen molar-refractivity contribution in [1.29, 1.82) is 0 Å². The minimum Gasteiger partial charge on any atom is -0.465 e. The van der Waals surface area contributed by atoms with Crippen molar-refractivity contribution in [3.05, 3.63) is 23.0 Å². The predicted octanol–water partition coefficient (Wildman–Crippen LogP) is 5.92. The van der Waals surface area contributed by atoms with Gasteiger partial charge in [-0.2, -0.15) is 0 Å². The van der Waals surface area contributed by atoms with Crippen molar-refractivity contribution in [2.24, 2.45) is 11.3 Å². The molecule has 1 aromatic rings. The number of carbonyl (C=O) groups is 2. The summed E-state index contributed by atoms with van der Waals surface area (Å²) in [4.78, 5) is 25.1. The standard InChI is InChI=1S/C20H29ClFNO3S/c1-7-16(18(24)26-11-12(3)4)27-17-10-15(14(22)9-13(17)21)23-19(25)20(5,6)8-2/h9-10,12,16H,7-8,11H2,1-6H3,(H,23,25). The zero-order chi connectivity index (χ0) is 20.8. The number of hydrogen-bond acceptors (Lipinski definition) is 4. The molecule has 152 valence electrons. The van der Waals surface area contributed by atoms with Gasteiger partial charge in [0.2, 0.25) is 5.91 Å². The molecule has 0 saturated heterocycles. The summed E-state index contributed by atoms with van der Waals surface area (Å²) in [6.07, 6.45) is 1.16. The van der Waals surface area contributed by atoms with Crippen LogP contribution in [0.3, 0.4) is 0 Å². The lowest BCUT2D eigenvalue weighted by Gasteiger charge is -2.22. The Bertz CT molecular complexity index is 679. The van der Waals surface area contributed by atoms with Crippen molar-refractivity contribution in [3.63, 3.8) is 0 Å². The molecule has 27 heavy (non-hydrogen) atoms. The Hall–Kier alpha value is -1.27. The van der Waals surface area contributed by atoms with E-state index in [4.69, 9.17) is 16.3 Å². The van der Waals surface area contributed by atoms with Gasteiger partial charge in [0.15, 0.2) is 0 Å². The molecule has 7 heteroatoms. The Kier molecular flexibility index (Phi) is 9.09. The summed E-state index contributed by atoms with van der Waals surface area (Å²) >= 11 is 7.38. The van der Waals surface area contributed by atoms with E-state index in [1.807, 2.05) is 27.7 Å². The summed E-state index contributed by atoms with van der Waals surface area (Å²) in [6.45, 7) is 11.6. The van der Waals surface area contributed by atoms with Gasteiger partial charge in [-0.15, -0.1) is 11.8 Å². The largest absolute Gasteiger partial charge is 0.465 e. The van der Waals surface area contributed by atoms with Gasteiger partial charge in [0.05, 0.1) is 17.3 Å². The Morgan fingerprint density at radius 3 is 2.44 bits per heavy atom. The highest BCUT2D eigenvalue weighted by Gasteiger charge is 2.27. The normalized spacial score (nSPS) is 12.8. The highest BCUT2D eigenvalue weighted by atomic mass is 35.5. The van der Waals surface area contributed by atoms with Gasteiger partial charge in [0.25, 0.3) is 0 Å². The van der Waals surface area contributed by atoms with E-state index in [0.29, 0.717) is 24.3 Å². The van der Waals surface area contributed by atoms with E-state index in [1.165, 1.54) is 17.8 Å². The van der Waals surface area contributed by atoms with Gasteiger partial charge in [-0.25, -0.2) is 4.39 Å². The SMILES string of the molecule is CCC(Sc1cc(NC(=O)C(C)(C)CC)c(F)cc1Cl)C(=O)OCC(C)C. The zero-order valence-electron chi connectivity index (χ0n) is 16.8. The first-order valence-corrected chi connectivity index (χ1v) is 10.4. The smallest absolute Gasteiger partial charge is 0.319 e. The van der Waals surface area contributed by atoms with Crippen LogP contribution >= 0.6 is 23.4 Å². The van der Waals surface area contributed by atoms with Gasteiger partial charge in [-0.05, 0) is 30.9 Å². The molecule has 1 amide bonds. The van der Waals surface area contributed by atoms with E-state index in [1.54, 1.807) is 13.8 Å². The van der Waals surface area contributed by atoms with Crippen LogP contribution in [-0.4, -0.2) is 23.7 Å². The van der Waals surface area contributed by atoms with Crippen molar-refractivity contribution >= 4 is 40.9 Å². The van der Waals surface area contributed by atoms with Crippen LogP contribution in [0.15, 0.2) is 17.0 Å². The fourth-order valence-corrected chi connectivity index (χ4v) is 3.24. The number of thioether (sulfide) groups is 1. The summed E-state index contributed by atoms with van der Waals surface area (Å²) in [6, 6.07) is 2.63. The van der Waals surface area contributed by atoms with E-state index < -0.39 is 16.5 Å². The number of ether oxygens (including phenoxy) is 1. The van der Waals surface area contributed by atoms with Crippen LogP contribution in [0.2, 0.25) is 5.02 Å². The Morgan fingerprint density at radius 2 is 1.93 bits per heavy atom. The number of halogens is 2. The fraction of sp³-hybridized carbons (Fsp3) is 0.600. The molecule has 1 atom stereocenters. The molecule has 1 N–H and O–H groups in total. The lowest BCUT2D eigenvalue weighted by atomic mass is 9.89. The van der Waals surface area contributed by atoms with Crippen LogP contribution < -0.4 is 5.32 Å². The summed E-state index contributed by atoms with van der Waals surface area (Å²) < 4.78 is 19.6. The van der Waals surface area contributed by atoms with Gasteiger partial charge < -0.3 is 10.1 Å². The Morgan fingerprint density at radius 1 is 1.30 bits per heavy atom. The number of amides is 1. The second-order valence-electron chi connectivity index (χ2n) is 7.49. The van der Waals surface area contributed by atoms with E-state index in [2.05, 4.69) is 5.32 Å². The minimum atomic E-state index is -0.619. The molecule has 0 aliphatic rings. The van der Waals surface area contributed by atoms with E-state index >= 15 is 0 Å². The van der Waals surface area contributed by atoms with Crippen LogP contribution in [-0.2, 0) is 14.3 Å².